The molecule has 0 N–H and O–H groups in total. The molecule has 4 heterocycles. The SMILES string of the molecule is c1cncc(CN2CCOC[C@]3(CCN(Cc4cccs4)C3)C2)c1. The molecular formula is C19H25N3OS. The maximum atomic E-state index is 6.00. The van der Waals surface area contributed by atoms with E-state index in [4.69, 9.17) is 4.74 Å². The molecule has 4 rings (SSSR count). The van der Waals surface area contributed by atoms with E-state index >= 15 is 0 Å². The average Bonchev–Trinajstić information content (AvgIpc) is 3.19. The van der Waals surface area contributed by atoms with Gasteiger partial charge in [0.05, 0.1) is 13.2 Å². The number of thiophene rings is 1. The van der Waals surface area contributed by atoms with Crippen molar-refractivity contribution in [2.45, 2.75) is 19.5 Å². The van der Waals surface area contributed by atoms with Gasteiger partial charge in [0.15, 0.2) is 0 Å². The predicted molar refractivity (Wildman–Crippen MR) is 97.0 cm³/mol. The van der Waals surface area contributed by atoms with E-state index in [1.54, 1.807) is 0 Å². The molecule has 0 saturated carbocycles. The monoisotopic (exact) mass is 343 g/mol. The minimum atomic E-state index is 0.288. The van der Waals surface area contributed by atoms with E-state index in [2.05, 4.69) is 38.4 Å². The summed E-state index contributed by atoms with van der Waals surface area (Å²) in [6, 6.07) is 8.59. The number of hydrogen-bond acceptors (Lipinski definition) is 5. The topological polar surface area (TPSA) is 28.6 Å². The van der Waals surface area contributed by atoms with Crippen LogP contribution in [0.2, 0.25) is 0 Å². The maximum absolute atomic E-state index is 6.00. The number of aromatic nitrogens is 1. The van der Waals surface area contributed by atoms with Crippen LogP contribution in [0.3, 0.4) is 0 Å². The molecule has 1 spiro atoms. The Bertz CT molecular complexity index is 633. The molecule has 4 nitrogen and oxygen atoms in total. The summed E-state index contributed by atoms with van der Waals surface area (Å²) in [4.78, 5) is 10.9. The van der Waals surface area contributed by atoms with E-state index in [0.29, 0.717) is 0 Å². The lowest BCUT2D eigenvalue weighted by Gasteiger charge is -2.32. The van der Waals surface area contributed by atoms with Crippen molar-refractivity contribution >= 4 is 11.3 Å². The highest BCUT2D eigenvalue weighted by Gasteiger charge is 2.41. The fraction of sp³-hybridized carbons (Fsp3) is 0.526. The number of nitrogens with zero attached hydrogens (tertiary/aromatic N) is 3. The van der Waals surface area contributed by atoms with Crippen LogP contribution in [0.1, 0.15) is 16.9 Å². The fourth-order valence-corrected chi connectivity index (χ4v) is 4.74. The van der Waals surface area contributed by atoms with Crippen molar-refractivity contribution in [2.75, 3.05) is 39.4 Å². The van der Waals surface area contributed by atoms with Crippen LogP contribution in [0.25, 0.3) is 0 Å². The molecule has 0 aromatic carbocycles. The number of pyridine rings is 1. The smallest absolute Gasteiger partial charge is 0.0593 e. The highest BCUT2D eigenvalue weighted by molar-refractivity contribution is 7.09. The minimum Gasteiger partial charge on any atom is -0.379 e. The molecule has 2 aromatic rings. The first kappa shape index (κ1) is 16.2. The summed E-state index contributed by atoms with van der Waals surface area (Å²) in [5.74, 6) is 0. The van der Waals surface area contributed by atoms with Gasteiger partial charge in [-0.05, 0) is 36.0 Å². The number of rotatable bonds is 4. The second kappa shape index (κ2) is 7.31. The molecule has 128 valence electrons. The molecule has 2 aliphatic rings. The molecule has 2 fully saturated rings. The van der Waals surface area contributed by atoms with Crippen LogP contribution in [-0.4, -0.2) is 54.2 Å². The fourth-order valence-electron chi connectivity index (χ4n) is 4.00. The van der Waals surface area contributed by atoms with Gasteiger partial charge in [-0.15, -0.1) is 11.3 Å². The van der Waals surface area contributed by atoms with Crippen LogP contribution in [0.15, 0.2) is 42.0 Å². The van der Waals surface area contributed by atoms with Gasteiger partial charge < -0.3 is 4.74 Å². The third-order valence-corrected chi connectivity index (χ3v) is 5.99. The zero-order chi connectivity index (χ0) is 16.2. The molecule has 0 unspecified atom stereocenters. The maximum Gasteiger partial charge on any atom is 0.0593 e. The molecule has 2 saturated heterocycles. The summed E-state index contributed by atoms with van der Waals surface area (Å²) >= 11 is 1.86. The van der Waals surface area contributed by atoms with Gasteiger partial charge in [-0.3, -0.25) is 14.8 Å². The first-order chi connectivity index (χ1) is 11.8. The normalized spacial score (nSPS) is 26.0. The van der Waals surface area contributed by atoms with Crippen LogP contribution >= 0.6 is 11.3 Å². The number of hydrogen-bond donors (Lipinski definition) is 0. The molecule has 24 heavy (non-hydrogen) atoms. The van der Waals surface area contributed by atoms with Crippen molar-refractivity contribution in [3.05, 3.63) is 52.5 Å². The van der Waals surface area contributed by atoms with Crippen LogP contribution < -0.4 is 0 Å². The molecule has 1 atom stereocenters. The van der Waals surface area contributed by atoms with Gasteiger partial charge in [0.2, 0.25) is 0 Å². The van der Waals surface area contributed by atoms with Crippen LogP contribution in [0, 0.1) is 5.41 Å². The Morgan fingerprint density at radius 3 is 2.83 bits per heavy atom. The Labute approximate surface area is 148 Å². The molecule has 0 amide bonds. The van der Waals surface area contributed by atoms with Crippen molar-refractivity contribution < 1.29 is 4.74 Å². The van der Waals surface area contributed by atoms with Crippen molar-refractivity contribution in [2.24, 2.45) is 5.41 Å². The van der Waals surface area contributed by atoms with Crippen molar-refractivity contribution in [3.8, 4) is 0 Å². The first-order valence-corrected chi connectivity index (χ1v) is 9.63. The second-order valence-electron chi connectivity index (χ2n) is 7.16. The van der Waals surface area contributed by atoms with Crippen LogP contribution in [-0.2, 0) is 17.8 Å². The van der Waals surface area contributed by atoms with Crippen LogP contribution in [0.5, 0.6) is 0 Å². The summed E-state index contributed by atoms with van der Waals surface area (Å²) in [5, 5.41) is 2.17. The summed E-state index contributed by atoms with van der Waals surface area (Å²) in [5.41, 5.74) is 1.58. The van der Waals surface area contributed by atoms with E-state index in [9.17, 15) is 0 Å². The minimum absolute atomic E-state index is 0.288. The standard InChI is InChI=1S/C19H25N3OS/c1-3-17(11-20-6-1)12-22-8-9-23-16-19(15-22)5-7-21(14-19)13-18-4-2-10-24-18/h1-4,6,10-11H,5,7-9,12-16H2/t19-/m0/s1. The zero-order valence-corrected chi connectivity index (χ0v) is 14.9. The Kier molecular flexibility index (Phi) is 4.94. The van der Waals surface area contributed by atoms with Gasteiger partial charge in [0.1, 0.15) is 0 Å². The molecule has 0 bridgehead atoms. The average molecular weight is 343 g/mol. The Balaban J connectivity index is 1.40. The van der Waals surface area contributed by atoms with Gasteiger partial charge in [-0.1, -0.05) is 12.1 Å². The molecule has 0 aliphatic carbocycles. The summed E-state index contributed by atoms with van der Waals surface area (Å²) in [6.45, 7) is 8.27. The van der Waals surface area contributed by atoms with E-state index in [0.717, 1.165) is 45.9 Å². The van der Waals surface area contributed by atoms with E-state index in [-0.39, 0.29) is 5.41 Å². The summed E-state index contributed by atoms with van der Waals surface area (Å²) < 4.78 is 6.00. The highest BCUT2D eigenvalue weighted by atomic mass is 32.1. The third kappa shape index (κ3) is 3.86. The van der Waals surface area contributed by atoms with Crippen LogP contribution in [0.4, 0.5) is 0 Å². The highest BCUT2D eigenvalue weighted by Crippen LogP contribution is 2.34. The van der Waals surface area contributed by atoms with Crippen molar-refractivity contribution in [3.63, 3.8) is 0 Å². The van der Waals surface area contributed by atoms with Crippen molar-refractivity contribution in [1.82, 2.24) is 14.8 Å². The largest absolute Gasteiger partial charge is 0.379 e. The number of ether oxygens (including phenoxy) is 1. The lowest BCUT2D eigenvalue weighted by atomic mass is 9.87. The van der Waals surface area contributed by atoms with E-state index in [1.165, 1.54) is 23.4 Å². The number of likely N-dealkylation sites (tertiary alicyclic amines) is 1. The van der Waals surface area contributed by atoms with Gasteiger partial charge >= 0.3 is 0 Å². The van der Waals surface area contributed by atoms with Crippen molar-refractivity contribution in [1.29, 1.82) is 0 Å². The van der Waals surface area contributed by atoms with E-state index < -0.39 is 0 Å². The van der Waals surface area contributed by atoms with Gasteiger partial charge in [0, 0.05) is 55.4 Å². The summed E-state index contributed by atoms with van der Waals surface area (Å²) in [7, 11) is 0. The Hall–Kier alpha value is -1.27. The molecule has 0 radical (unpaired) electrons. The Morgan fingerprint density at radius 2 is 2.04 bits per heavy atom. The molecule has 2 aromatic heterocycles. The Morgan fingerprint density at radius 1 is 1.12 bits per heavy atom. The third-order valence-electron chi connectivity index (χ3n) is 5.13. The lowest BCUT2D eigenvalue weighted by Crippen LogP contribution is -2.40. The molecular weight excluding hydrogens is 318 g/mol. The second-order valence-corrected chi connectivity index (χ2v) is 8.20. The summed E-state index contributed by atoms with van der Waals surface area (Å²) in [6.07, 6.45) is 5.06. The zero-order valence-electron chi connectivity index (χ0n) is 14.1. The van der Waals surface area contributed by atoms with Gasteiger partial charge in [-0.2, -0.15) is 0 Å². The van der Waals surface area contributed by atoms with E-state index in [1.807, 2.05) is 29.8 Å². The quantitative estimate of drug-likeness (QED) is 0.853. The molecule has 2 aliphatic heterocycles. The molecule has 5 heteroatoms. The van der Waals surface area contributed by atoms with Gasteiger partial charge in [0.25, 0.3) is 0 Å². The predicted octanol–water partition coefficient (Wildman–Crippen LogP) is 2.87. The van der Waals surface area contributed by atoms with Gasteiger partial charge in [-0.25, -0.2) is 0 Å². The first-order valence-electron chi connectivity index (χ1n) is 8.75. The lowest BCUT2D eigenvalue weighted by molar-refractivity contribution is 0.0707.